The number of phenolic OH excluding ortho intramolecular Hbond substituents is 1. The molecule has 7 heteroatoms. The van der Waals surface area contributed by atoms with Crippen LogP contribution in [0.25, 0.3) is 6.08 Å². The lowest BCUT2D eigenvalue weighted by Gasteiger charge is -2.15. The van der Waals surface area contributed by atoms with Crippen LogP contribution in [-0.2, 0) is 0 Å². The van der Waals surface area contributed by atoms with Crippen molar-refractivity contribution in [1.29, 1.82) is 0 Å². The number of unbranched alkanes of at least 4 members (excludes halogenated alkanes) is 1. The zero-order valence-electron chi connectivity index (χ0n) is 18.0. The van der Waals surface area contributed by atoms with E-state index in [0.717, 1.165) is 18.4 Å². The van der Waals surface area contributed by atoms with Gasteiger partial charge in [0.15, 0.2) is 28.8 Å². The second-order valence-corrected chi connectivity index (χ2v) is 6.35. The predicted molar refractivity (Wildman–Crippen MR) is 115 cm³/mol. The van der Waals surface area contributed by atoms with Crippen LogP contribution in [0, 0.1) is 0 Å². The van der Waals surface area contributed by atoms with Gasteiger partial charge in [-0.2, -0.15) is 0 Å². The molecule has 0 aliphatic heterocycles. The molecule has 2 rings (SSSR count). The molecule has 2 aromatic rings. The molecular weight excluding hydrogens is 388 g/mol. The molecule has 0 aliphatic rings. The first kappa shape index (κ1) is 22.9. The van der Waals surface area contributed by atoms with Crippen molar-refractivity contribution in [2.45, 2.75) is 19.8 Å². The van der Waals surface area contributed by atoms with Crippen LogP contribution in [0.1, 0.15) is 35.7 Å². The average Bonchev–Trinajstić information content (AvgIpc) is 2.76. The van der Waals surface area contributed by atoms with Crippen LogP contribution in [0.2, 0.25) is 0 Å². The van der Waals surface area contributed by atoms with E-state index in [1.54, 1.807) is 31.4 Å². The highest BCUT2D eigenvalue weighted by Crippen LogP contribution is 2.45. The minimum Gasteiger partial charge on any atom is -0.507 e. The van der Waals surface area contributed by atoms with Crippen molar-refractivity contribution in [3.05, 3.63) is 41.5 Å². The van der Waals surface area contributed by atoms with Crippen molar-refractivity contribution >= 4 is 11.9 Å². The number of rotatable bonds is 11. The first-order valence-electron chi connectivity index (χ1n) is 9.55. The summed E-state index contributed by atoms with van der Waals surface area (Å²) in [4.78, 5) is 12.8. The molecule has 0 saturated heterocycles. The summed E-state index contributed by atoms with van der Waals surface area (Å²) in [6, 6.07) is 6.69. The maximum atomic E-state index is 12.8. The average molecular weight is 416 g/mol. The summed E-state index contributed by atoms with van der Waals surface area (Å²) in [5.74, 6) is 1.09. The Hall–Kier alpha value is -3.35. The van der Waals surface area contributed by atoms with Crippen molar-refractivity contribution in [1.82, 2.24) is 0 Å². The smallest absolute Gasteiger partial charge is 0.204 e. The molecular formula is C23H28O7. The molecule has 0 bridgehead atoms. The monoisotopic (exact) mass is 416 g/mol. The molecule has 162 valence electrons. The highest BCUT2D eigenvalue weighted by atomic mass is 16.5. The maximum absolute atomic E-state index is 12.8. The van der Waals surface area contributed by atoms with Crippen LogP contribution in [0.4, 0.5) is 0 Å². The van der Waals surface area contributed by atoms with Crippen molar-refractivity contribution in [2.24, 2.45) is 0 Å². The van der Waals surface area contributed by atoms with Crippen LogP contribution in [0.5, 0.6) is 34.5 Å². The van der Waals surface area contributed by atoms with E-state index in [2.05, 4.69) is 6.92 Å². The number of hydrogen-bond acceptors (Lipinski definition) is 7. The van der Waals surface area contributed by atoms with Gasteiger partial charge in [-0.15, -0.1) is 0 Å². The SMILES string of the molecule is CCCCOc1cc(/C=C/C(=O)c2c(O)cc(OC)c(OC)c2OC)ccc1OC. The lowest BCUT2D eigenvalue weighted by Crippen LogP contribution is -2.03. The first-order chi connectivity index (χ1) is 14.5. The van der Waals surface area contributed by atoms with Crippen molar-refractivity contribution in [3.8, 4) is 34.5 Å². The van der Waals surface area contributed by atoms with Gasteiger partial charge in [-0.25, -0.2) is 0 Å². The highest BCUT2D eigenvalue weighted by molar-refractivity contribution is 6.11. The Kier molecular flexibility index (Phi) is 8.41. The number of carbonyl (C=O) groups is 1. The topological polar surface area (TPSA) is 83.5 Å². The molecule has 0 radical (unpaired) electrons. The Morgan fingerprint density at radius 1 is 0.933 bits per heavy atom. The van der Waals surface area contributed by atoms with Gasteiger partial charge in [0.1, 0.15) is 11.3 Å². The Labute approximate surface area is 176 Å². The van der Waals surface area contributed by atoms with Gasteiger partial charge >= 0.3 is 0 Å². The van der Waals surface area contributed by atoms with Crippen molar-refractivity contribution in [3.63, 3.8) is 0 Å². The van der Waals surface area contributed by atoms with Gasteiger partial charge in [0, 0.05) is 6.07 Å². The molecule has 7 nitrogen and oxygen atoms in total. The largest absolute Gasteiger partial charge is 0.507 e. The van der Waals surface area contributed by atoms with E-state index in [1.165, 1.54) is 33.5 Å². The van der Waals surface area contributed by atoms with Gasteiger partial charge in [0.05, 0.1) is 35.0 Å². The van der Waals surface area contributed by atoms with Gasteiger partial charge < -0.3 is 28.8 Å². The van der Waals surface area contributed by atoms with Gasteiger partial charge in [-0.3, -0.25) is 4.79 Å². The van der Waals surface area contributed by atoms with Gasteiger partial charge in [-0.05, 0) is 30.2 Å². The molecule has 0 heterocycles. The van der Waals surface area contributed by atoms with Crippen LogP contribution in [-0.4, -0.2) is 45.9 Å². The van der Waals surface area contributed by atoms with Gasteiger partial charge in [0.2, 0.25) is 5.75 Å². The number of methoxy groups -OCH3 is 4. The van der Waals surface area contributed by atoms with Crippen LogP contribution in [0.3, 0.4) is 0 Å². The lowest BCUT2D eigenvalue weighted by molar-refractivity contribution is 0.104. The van der Waals surface area contributed by atoms with E-state index in [-0.39, 0.29) is 28.6 Å². The summed E-state index contributed by atoms with van der Waals surface area (Å²) >= 11 is 0. The Bertz CT molecular complexity index is 903. The predicted octanol–water partition coefficient (Wildman–Crippen LogP) is 4.50. The number of benzene rings is 2. The summed E-state index contributed by atoms with van der Waals surface area (Å²) in [5.41, 5.74) is 0.730. The number of aromatic hydroxyl groups is 1. The standard InChI is InChI=1S/C23H28O7/c1-6-7-12-30-19-13-15(9-11-18(19)26-2)8-10-16(24)21-17(25)14-20(27-3)22(28-4)23(21)29-5/h8-11,13-14,25H,6-7,12H2,1-5H3/b10-8+. The van der Waals surface area contributed by atoms with Crippen molar-refractivity contribution in [2.75, 3.05) is 35.0 Å². The first-order valence-corrected chi connectivity index (χ1v) is 9.55. The van der Waals surface area contributed by atoms with E-state index in [9.17, 15) is 9.90 Å². The molecule has 0 aliphatic carbocycles. The van der Waals surface area contributed by atoms with E-state index >= 15 is 0 Å². The van der Waals surface area contributed by atoms with Gasteiger partial charge in [0.25, 0.3) is 0 Å². The number of hydrogen-bond donors (Lipinski definition) is 1. The second-order valence-electron chi connectivity index (χ2n) is 6.35. The highest BCUT2D eigenvalue weighted by Gasteiger charge is 2.24. The zero-order chi connectivity index (χ0) is 22.1. The minimum atomic E-state index is -0.449. The molecule has 30 heavy (non-hydrogen) atoms. The number of carbonyl (C=O) groups excluding carboxylic acids is 1. The van der Waals surface area contributed by atoms with E-state index in [1.807, 2.05) is 0 Å². The molecule has 0 unspecified atom stereocenters. The fourth-order valence-corrected chi connectivity index (χ4v) is 2.87. The number of allylic oxidation sites excluding steroid dienone is 1. The van der Waals surface area contributed by atoms with Crippen molar-refractivity contribution < 1.29 is 33.6 Å². The second kappa shape index (κ2) is 11.0. The summed E-state index contributed by atoms with van der Waals surface area (Å²) in [7, 11) is 5.83. The summed E-state index contributed by atoms with van der Waals surface area (Å²) in [6.45, 7) is 2.67. The summed E-state index contributed by atoms with van der Waals surface area (Å²) in [6.07, 6.45) is 4.93. The molecule has 0 amide bonds. The summed E-state index contributed by atoms with van der Waals surface area (Å²) in [5, 5.41) is 10.3. The van der Waals surface area contributed by atoms with E-state index in [0.29, 0.717) is 18.1 Å². The number of ether oxygens (including phenoxy) is 5. The fourth-order valence-electron chi connectivity index (χ4n) is 2.87. The third kappa shape index (κ3) is 5.17. The molecule has 0 atom stereocenters. The van der Waals surface area contributed by atoms with E-state index < -0.39 is 5.78 Å². The molecule has 2 aromatic carbocycles. The fraction of sp³-hybridized carbons (Fsp3) is 0.348. The lowest BCUT2D eigenvalue weighted by atomic mass is 10.0. The van der Waals surface area contributed by atoms with Crippen LogP contribution >= 0.6 is 0 Å². The number of ketones is 1. The number of phenols is 1. The molecule has 0 aromatic heterocycles. The molecule has 0 spiro atoms. The summed E-state index contributed by atoms with van der Waals surface area (Å²) < 4.78 is 26.9. The Morgan fingerprint density at radius 2 is 1.63 bits per heavy atom. The molecule has 0 fully saturated rings. The quantitative estimate of drug-likeness (QED) is 0.328. The molecule has 0 saturated carbocycles. The zero-order valence-corrected chi connectivity index (χ0v) is 18.0. The molecule has 1 N–H and O–H groups in total. The Balaban J connectivity index is 2.35. The van der Waals surface area contributed by atoms with Gasteiger partial charge in [-0.1, -0.05) is 25.5 Å². The third-order valence-electron chi connectivity index (χ3n) is 4.43. The third-order valence-corrected chi connectivity index (χ3v) is 4.43. The van der Waals surface area contributed by atoms with Crippen LogP contribution < -0.4 is 23.7 Å². The van der Waals surface area contributed by atoms with Crippen LogP contribution in [0.15, 0.2) is 30.3 Å². The maximum Gasteiger partial charge on any atom is 0.204 e. The Morgan fingerprint density at radius 3 is 2.23 bits per heavy atom. The minimum absolute atomic E-state index is 0.0145. The normalized spacial score (nSPS) is 10.7. The van der Waals surface area contributed by atoms with E-state index in [4.69, 9.17) is 23.7 Å².